The topological polar surface area (TPSA) is 21.3 Å². The summed E-state index contributed by atoms with van der Waals surface area (Å²) in [5.41, 5.74) is 2.38. The van der Waals surface area contributed by atoms with E-state index >= 15 is 0 Å². The van der Waals surface area contributed by atoms with Crippen molar-refractivity contribution in [1.82, 2.24) is 5.32 Å². The first-order valence-corrected chi connectivity index (χ1v) is 7.60. The van der Waals surface area contributed by atoms with E-state index in [9.17, 15) is 0 Å². The molecule has 0 aliphatic heterocycles. The van der Waals surface area contributed by atoms with Crippen molar-refractivity contribution in [2.75, 3.05) is 7.11 Å². The molecule has 0 aromatic heterocycles. The van der Waals surface area contributed by atoms with E-state index in [1.54, 1.807) is 7.11 Å². The Morgan fingerprint density at radius 2 is 1.81 bits per heavy atom. The molecule has 0 saturated heterocycles. The maximum Gasteiger partial charge on any atom is 0.123 e. The van der Waals surface area contributed by atoms with Crippen LogP contribution >= 0.6 is 11.6 Å². The van der Waals surface area contributed by atoms with E-state index in [1.807, 2.05) is 24.3 Å². The van der Waals surface area contributed by atoms with Gasteiger partial charge < -0.3 is 10.1 Å². The second kappa shape index (κ2) is 7.48. The van der Waals surface area contributed by atoms with Crippen molar-refractivity contribution in [2.45, 2.75) is 26.4 Å². The maximum atomic E-state index is 6.09. The summed E-state index contributed by atoms with van der Waals surface area (Å²) in [5, 5.41) is 4.35. The minimum atomic E-state index is 0.301. The molecule has 2 nitrogen and oxygen atoms in total. The van der Waals surface area contributed by atoms with Crippen molar-refractivity contribution in [1.29, 1.82) is 0 Å². The molecule has 0 aliphatic rings. The zero-order valence-electron chi connectivity index (χ0n) is 12.8. The first kappa shape index (κ1) is 15.9. The molecule has 0 heterocycles. The lowest BCUT2D eigenvalue weighted by Gasteiger charge is -2.23. The Morgan fingerprint density at radius 1 is 1.10 bits per heavy atom. The first-order chi connectivity index (χ1) is 10.1. The van der Waals surface area contributed by atoms with Crippen LogP contribution in [0.3, 0.4) is 0 Å². The summed E-state index contributed by atoms with van der Waals surface area (Å²) >= 11 is 6.09. The highest BCUT2D eigenvalue weighted by Crippen LogP contribution is 2.26. The van der Waals surface area contributed by atoms with Gasteiger partial charge in [0, 0.05) is 23.2 Å². The Bertz CT molecular complexity index is 569. The third kappa shape index (κ3) is 4.23. The minimum Gasteiger partial charge on any atom is -0.496 e. The molecule has 0 bridgehead atoms. The lowest BCUT2D eigenvalue weighted by molar-refractivity contribution is 0.389. The predicted molar refractivity (Wildman–Crippen MR) is 88.9 cm³/mol. The Hall–Kier alpha value is -1.51. The highest BCUT2D eigenvalue weighted by atomic mass is 35.5. The van der Waals surface area contributed by atoms with Gasteiger partial charge in [0.05, 0.1) is 7.11 Å². The number of ether oxygens (including phenoxy) is 1. The summed E-state index contributed by atoms with van der Waals surface area (Å²) in [6.07, 6.45) is 0. The van der Waals surface area contributed by atoms with Gasteiger partial charge in [-0.25, -0.2) is 0 Å². The van der Waals surface area contributed by atoms with Gasteiger partial charge in [0.25, 0.3) is 0 Å². The van der Waals surface area contributed by atoms with Gasteiger partial charge in [0.15, 0.2) is 0 Å². The molecule has 112 valence electrons. The Morgan fingerprint density at radius 3 is 2.43 bits per heavy atom. The van der Waals surface area contributed by atoms with Crippen molar-refractivity contribution >= 4 is 11.6 Å². The van der Waals surface area contributed by atoms with Gasteiger partial charge in [0.2, 0.25) is 0 Å². The van der Waals surface area contributed by atoms with Crippen LogP contribution in [0, 0.1) is 5.92 Å². The molecule has 1 atom stereocenters. The number of rotatable bonds is 6. The molecular weight excluding hydrogens is 282 g/mol. The summed E-state index contributed by atoms with van der Waals surface area (Å²) in [4.78, 5) is 0. The summed E-state index contributed by atoms with van der Waals surface area (Å²) in [6.45, 7) is 5.17. The first-order valence-electron chi connectivity index (χ1n) is 7.22. The molecule has 0 aliphatic carbocycles. The molecule has 0 amide bonds. The normalized spacial score (nSPS) is 12.4. The van der Waals surface area contributed by atoms with Crippen LogP contribution in [0.15, 0.2) is 48.5 Å². The number of benzene rings is 2. The molecule has 0 spiro atoms. The van der Waals surface area contributed by atoms with Gasteiger partial charge in [0.1, 0.15) is 5.75 Å². The standard InChI is InChI=1S/C18H22ClNO/c1-13(2)18(14-7-5-4-6-8-14)20-12-15-11-16(19)9-10-17(15)21-3/h4-11,13,18,20H,12H2,1-3H3. The third-order valence-electron chi connectivity index (χ3n) is 3.58. The van der Waals surface area contributed by atoms with Crippen LogP contribution in [0.1, 0.15) is 31.0 Å². The summed E-state index contributed by atoms with van der Waals surface area (Å²) in [6, 6.07) is 16.5. The average Bonchev–Trinajstić information content (AvgIpc) is 2.48. The second-order valence-corrected chi connectivity index (χ2v) is 5.91. The van der Waals surface area contributed by atoms with E-state index in [-0.39, 0.29) is 0 Å². The fourth-order valence-electron chi connectivity index (χ4n) is 2.50. The van der Waals surface area contributed by atoms with Crippen molar-refractivity contribution in [3.63, 3.8) is 0 Å². The van der Waals surface area contributed by atoms with E-state index in [0.29, 0.717) is 12.0 Å². The number of hydrogen-bond donors (Lipinski definition) is 1. The van der Waals surface area contributed by atoms with Gasteiger partial charge in [-0.15, -0.1) is 0 Å². The summed E-state index contributed by atoms with van der Waals surface area (Å²) in [7, 11) is 1.68. The van der Waals surface area contributed by atoms with E-state index in [4.69, 9.17) is 16.3 Å². The van der Waals surface area contributed by atoms with Crippen LogP contribution in [-0.4, -0.2) is 7.11 Å². The van der Waals surface area contributed by atoms with Crippen molar-refractivity contribution in [3.8, 4) is 5.75 Å². The van der Waals surface area contributed by atoms with Crippen molar-refractivity contribution < 1.29 is 4.74 Å². The fraction of sp³-hybridized carbons (Fsp3) is 0.333. The van der Waals surface area contributed by atoms with Crippen LogP contribution < -0.4 is 10.1 Å². The minimum absolute atomic E-state index is 0.301. The van der Waals surface area contributed by atoms with E-state index in [1.165, 1.54) is 5.56 Å². The zero-order valence-corrected chi connectivity index (χ0v) is 13.5. The van der Waals surface area contributed by atoms with Crippen LogP contribution in [0.2, 0.25) is 5.02 Å². The molecule has 0 radical (unpaired) electrons. The lowest BCUT2D eigenvalue weighted by Crippen LogP contribution is -2.25. The molecular formula is C18H22ClNO. The molecule has 3 heteroatoms. The van der Waals surface area contributed by atoms with Crippen LogP contribution in [0.5, 0.6) is 5.75 Å². The molecule has 2 aromatic rings. The van der Waals surface area contributed by atoms with Crippen LogP contribution in [0.25, 0.3) is 0 Å². The Balaban J connectivity index is 2.14. The van der Waals surface area contributed by atoms with Gasteiger partial charge in [-0.2, -0.15) is 0 Å². The number of methoxy groups -OCH3 is 1. The maximum absolute atomic E-state index is 6.09. The monoisotopic (exact) mass is 303 g/mol. The van der Waals surface area contributed by atoms with E-state index < -0.39 is 0 Å². The van der Waals surface area contributed by atoms with Crippen molar-refractivity contribution in [3.05, 3.63) is 64.7 Å². The van der Waals surface area contributed by atoms with Gasteiger partial charge in [-0.3, -0.25) is 0 Å². The third-order valence-corrected chi connectivity index (χ3v) is 3.82. The largest absolute Gasteiger partial charge is 0.496 e. The highest BCUT2D eigenvalue weighted by molar-refractivity contribution is 6.30. The molecule has 0 saturated carbocycles. The average molecular weight is 304 g/mol. The molecule has 1 unspecified atom stereocenters. The fourth-order valence-corrected chi connectivity index (χ4v) is 2.70. The molecule has 1 N–H and O–H groups in total. The van der Waals surface area contributed by atoms with E-state index in [0.717, 1.165) is 22.9 Å². The van der Waals surface area contributed by atoms with Gasteiger partial charge in [-0.05, 0) is 29.7 Å². The Kier molecular flexibility index (Phi) is 5.66. The van der Waals surface area contributed by atoms with Crippen molar-refractivity contribution in [2.24, 2.45) is 5.92 Å². The van der Waals surface area contributed by atoms with Crippen LogP contribution in [0.4, 0.5) is 0 Å². The molecule has 21 heavy (non-hydrogen) atoms. The Labute approximate surface area is 132 Å². The number of nitrogens with one attached hydrogen (secondary N) is 1. The smallest absolute Gasteiger partial charge is 0.123 e. The highest BCUT2D eigenvalue weighted by Gasteiger charge is 2.15. The van der Waals surface area contributed by atoms with Gasteiger partial charge >= 0.3 is 0 Å². The SMILES string of the molecule is COc1ccc(Cl)cc1CNC(c1ccccc1)C(C)C. The predicted octanol–water partition coefficient (Wildman–Crippen LogP) is 4.84. The molecule has 0 fully saturated rings. The number of hydrogen-bond acceptors (Lipinski definition) is 2. The van der Waals surface area contributed by atoms with E-state index in [2.05, 4.69) is 43.4 Å². The van der Waals surface area contributed by atoms with Gasteiger partial charge in [-0.1, -0.05) is 55.8 Å². The summed E-state index contributed by atoms with van der Waals surface area (Å²) in [5.74, 6) is 1.36. The second-order valence-electron chi connectivity index (χ2n) is 5.47. The lowest BCUT2D eigenvalue weighted by atomic mass is 9.96. The summed E-state index contributed by atoms with van der Waals surface area (Å²) < 4.78 is 5.40. The van der Waals surface area contributed by atoms with Crippen LogP contribution in [-0.2, 0) is 6.54 Å². The quantitative estimate of drug-likeness (QED) is 0.825. The molecule has 2 aromatic carbocycles. The zero-order chi connectivity index (χ0) is 15.2. The number of halogens is 1. The molecule has 2 rings (SSSR count).